The summed E-state index contributed by atoms with van der Waals surface area (Å²) < 4.78 is 29.7. The van der Waals surface area contributed by atoms with Crippen LogP contribution < -0.4 is 9.62 Å². The van der Waals surface area contributed by atoms with Crippen LogP contribution in [0.15, 0.2) is 108 Å². The molecule has 4 rings (SSSR count). The van der Waals surface area contributed by atoms with Crippen LogP contribution in [-0.4, -0.2) is 44.3 Å². The zero-order valence-corrected chi connectivity index (χ0v) is 27.4. The normalized spacial score (nSPS) is 11.9. The molecular weight excluding hydrogens is 582 g/mol. The van der Waals surface area contributed by atoms with Gasteiger partial charge in [0, 0.05) is 19.5 Å². The standard InChI is InChI=1S/C37H43N3O4S/c1-5-6-23-38-37(42)35(25-31-13-9-7-10-14-31)39(26-32-15-11-8-12-16-32)36(41)27-40(34-24-29(3)17-20-30(34)4)45(43,44)33-21-18-28(2)19-22-33/h7-22,24,35H,5-6,23,25-27H2,1-4H3,(H,38,42). The van der Waals surface area contributed by atoms with Crippen molar-refractivity contribution < 1.29 is 18.0 Å². The summed E-state index contributed by atoms with van der Waals surface area (Å²) in [6, 6.07) is 30.4. The molecule has 1 unspecified atom stereocenters. The van der Waals surface area contributed by atoms with Crippen molar-refractivity contribution in [3.63, 3.8) is 0 Å². The SMILES string of the molecule is CCCCNC(=O)C(Cc1ccccc1)N(Cc1ccccc1)C(=O)CN(c1cc(C)ccc1C)S(=O)(=O)c1ccc(C)cc1. The van der Waals surface area contributed by atoms with Crippen molar-refractivity contribution in [2.24, 2.45) is 0 Å². The van der Waals surface area contributed by atoms with E-state index in [1.807, 2.05) is 93.6 Å². The molecule has 8 heteroatoms. The second kappa shape index (κ2) is 15.5. The fraction of sp³-hybridized carbons (Fsp3) is 0.297. The van der Waals surface area contributed by atoms with Gasteiger partial charge in [0.2, 0.25) is 11.8 Å². The number of nitrogens with one attached hydrogen (secondary N) is 1. The lowest BCUT2D eigenvalue weighted by Crippen LogP contribution is -2.53. The summed E-state index contributed by atoms with van der Waals surface area (Å²) >= 11 is 0. The van der Waals surface area contributed by atoms with Crippen LogP contribution >= 0.6 is 0 Å². The van der Waals surface area contributed by atoms with Gasteiger partial charge in [0.05, 0.1) is 10.6 Å². The largest absolute Gasteiger partial charge is 0.354 e. The Hall–Kier alpha value is -4.43. The molecule has 0 saturated carbocycles. The van der Waals surface area contributed by atoms with Gasteiger partial charge in [0.15, 0.2) is 0 Å². The van der Waals surface area contributed by atoms with E-state index in [9.17, 15) is 18.0 Å². The highest BCUT2D eigenvalue weighted by Gasteiger charge is 2.35. The highest BCUT2D eigenvalue weighted by molar-refractivity contribution is 7.92. The molecule has 0 heterocycles. The van der Waals surface area contributed by atoms with Gasteiger partial charge in [-0.25, -0.2) is 8.42 Å². The van der Waals surface area contributed by atoms with Crippen LogP contribution in [0.3, 0.4) is 0 Å². The Balaban J connectivity index is 1.80. The predicted octanol–water partition coefficient (Wildman–Crippen LogP) is 6.36. The van der Waals surface area contributed by atoms with E-state index in [-0.39, 0.29) is 23.8 Å². The van der Waals surface area contributed by atoms with Crippen LogP contribution in [0.1, 0.15) is 47.6 Å². The van der Waals surface area contributed by atoms with E-state index in [4.69, 9.17) is 0 Å². The number of amides is 2. The fourth-order valence-corrected chi connectivity index (χ4v) is 6.65. The van der Waals surface area contributed by atoms with Crippen molar-refractivity contribution >= 4 is 27.5 Å². The number of aryl methyl sites for hydroxylation is 3. The zero-order chi connectivity index (χ0) is 32.4. The highest BCUT2D eigenvalue weighted by atomic mass is 32.2. The van der Waals surface area contributed by atoms with Gasteiger partial charge >= 0.3 is 0 Å². The molecule has 4 aromatic carbocycles. The molecule has 236 valence electrons. The number of benzene rings is 4. The summed E-state index contributed by atoms with van der Waals surface area (Å²) in [5.41, 5.74) is 4.68. The molecular formula is C37H43N3O4S. The van der Waals surface area contributed by atoms with Gasteiger partial charge in [-0.2, -0.15) is 0 Å². The molecule has 0 aliphatic rings. The summed E-state index contributed by atoms with van der Waals surface area (Å²) in [5.74, 6) is -0.738. The van der Waals surface area contributed by atoms with Crippen molar-refractivity contribution in [3.8, 4) is 0 Å². The molecule has 0 aliphatic heterocycles. The second-order valence-corrected chi connectivity index (χ2v) is 13.3. The van der Waals surface area contributed by atoms with Gasteiger partial charge < -0.3 is 10.2 Å². The van der Waals surface area contributed by atoms with Crippen molar-refractivity contribution in [2.75, 3.05) is 17.4 Å². The molecule has 0 saturated heterocycles. The minimum atomic E-state index is -4.15. The van der Waals surface area contributed by atoms with Crippen LogP contribution in [-0.2, 0) is 32.6 Å². The monoisotopic (exact) mass is 625 g/mol. The number of sulfonamides is 1. The third-order valence-electron chi connectivity index (χ3n) is 7.82. The molecule has 4 aromatic rings. The summed E-state index contributed by atoms with van der Waals surface area (Å²) in [5, 5.41) is 3.02. The zero-order valence-electron chi connectivity index (χ0n) is 26.6. The topological polar surface area (TPSA) is 86.8 Å². The molecule has 0 fully saturated rings. The Labute approximate surface area is 268 Å². The van der Waals surface area contributed by atoms with Crippen LogP contribution in [0.5, 0.6) is 0 Å². The van der Waals surface area contributed by atoms with Crippen LogP contribution in [0.2, 0.25) is 0 Å². The van der Waals surface area contributed by atoms with Gasteiger partial charge in [-0.1, -0.05) is 104 Å². The van der Waals surface area contributed by atoms with Gasteiger partial charge in [-0.15, -0.1) is 0 Å². The quantitative estimate of drug-likeness (QED) is 0.165. The Morgan fingerprint density at radius 1 is 0.778 bits per heavy atom. The molecule has 0 aliphatic carbocycles. The summed E-state index contributed by atoms with van der Waals surface area (Å²) in [7, 11) is -4.15. The third kappa shape index (κ3) is 8.82. The van der Waals surface area contributed by atoms with E-state index in [1.165, 1.54) is 9.21 Å². The Morgan fingerprint density at radius 3 is 2.00 bits per heavy atom. The molecule has 1 N–H and O–H groups in total. The number of rotatable bonds is 14. The second-order valence-electron chi connectivity index (χ2n) is 11.5. The van der Waals surface area contributed by atoms with E-state index < -0.39 is 28.5 Å². The number of carbonyl (C=O) groups excluding carboxylic acids is 2. The average Bonchev–Trinajstić information content (AvgIpc) is 3.04. The van der Waals surface area contributed by atoms with E-state index in [1.54, 1.807) is 30.3 Å². The van der Waals surface area contributed by atoms with E-state index in [2.05, 4.69) is 12.2 Å². The predicted molar refractivity (Wildman–Crippen MR) is 180 cm³/mol. The maximum atomic E-state index is 14.6. The lowest BCUT2D eigenvalue weighted by molar-refractivity contribution is -0.140. The minimum Gasteiger partial charge on any atom is -0.354 e. The average molecular weight is 626 g/mol. The number of carbonyl (C=O) groups is 2. The summed E-state index contributed by atoms with van der Waals surface area (Å²) in [6.45, 7) is 7.82. The number of nitrogens with zero attached hydrogens (tertiary/aromatic N) is 2. The van der Waals surface area contributed by atoms with E-state index in [0.717, 1.165) is 40.7 Å². The maximum Gasteiger partial charge on any atom is 0.264 e. The van der Waals surface area contributed by atoms with Crippen LogP contribution in [0, 0.1) is 20.8 Å². The first kappa shape index (κ1) is 33.5. The Bertz CT molecular complexity index is 1670. The van der Waals surface area contributed by atoms with Crippen molar-refractivity contribution in [3.05, 3.63) is 131 Å². The maximum absolute atomic E-state index is 14.6. The molecule has 0 bridgehead atoms. The van der Waals surface area contributed by atoms with Gasteiger partial charge in [0.25, 0.3) is 10.0 Å². The lowest BCUT2D eigenvalue weighted by atomic mass is 10.0. The molecule has 0 aromatic heterocycles. The van der Waals surface area contributed by atoms with Crippen LogP contribution in [0.4, 0.5) is 5.69 Å². The van der Waals surface area contributed by atoms with E-state index in [0.29, 0.717) is 12.2 Å². The summed E-state index contributed by atoms with van der Waals surface area (Å²) in [6.07, 6.45) is 2.01. The Kier molecular flexibility index (Phi) is 11.5. The third-order valence-corrected chi connectivity index (χ3v) is 9.59. The van der Waals surface area contributed by atoms with Gasteiger partial charge in [-0.3, -0.25) is 13.9 Å². The number of hydrogen-bond donors (Lipinski definition) is 1. The summed E-state index contributed by atoms with van der Waals surface area (Å²) in [4.78, 5) is 30.0. The number of anilines is 1. The van der Waals surface area contributed by atoms with Gasteiger partial charge in [-0.05, 0) is 67.6 Å². The highest BCUT2D eigenvalue weighted by Crippen LogP contribution is 2.29. The first-order chi connectivity index (χ1) is 21.6. The fourth-order valence-electron chi connectivity index (χ4n) is 5.18. The number of unbranched alkanes of at least 4 members (excludes halogenated alkanes) is 1. The van der Waals surface area contributed by atoms with E-state index >= 15 is 0 Å². The molecule has 45 heavy (non-hydrogen) atoms. The molecule has 0 radical (unpaired) electrons. The smallest absolute Gasteiger partial charge is 0.264 e. The molecule has 0 spiro atoms. The first-order valence-corrected chi connectivity index (χ1v) is 16.9. The molecule has 2 amide bonds. The first-order valence-electron chi connectivity index (χ1n) is 15.4. The van der Waals surface area contributed by atoms with Crippen molar-refractivity contribution in [2.45, 2.75) is 64.4 Å². The van der Waals surface area contributed by atoms with Gasteiger partial charge in [0.1, 0.15) is 12.6 Å². The Morgan fingerprint density at radius 2 is 1.38 bits per heavy atom. The minimum absolute atomic E-state index is 0.0922. The molecule has 1 atom stereocenters. The van der Waals surface area contributed by atoms with Crippen LogP contribution in [0.25, 0.3) is 0 Å². The molecule has 7 nitrogen and oxygen atoms in total. The lowest BCUT2D eigenvalue weighted by Gasteiger charge is -2.34. The number of hydrogen-bond acceptors (Lipinski definition) is 4. The van der Waals surface area contributed by atoms with Crippen molar-refractivity contribution in [1.29, 1.82) is 0 Å². The van der Waals surface area contributed by atoms with Crippen molar-refractivity contribution in [1.82, 2.24) is 10.2 Å².